The number of benzene rings is 2. The molecule has 0 aliphatic carbocycles. The second-order valence-corrected chi connectivity index (χ2v) is 5.38. The Labute approximate surface area is 117 Å². The van der Waals surface area contributed by atoms with Gasteiger partial charge in [0.1, 0.15) is 5.75 Å². The largest absolute Gasteiger partial charge is 0.496 e. The molecule has 1 atom stereocenters. The zero-order valence-corrected chi connectivity index (χ0v) is 12.5. The van der Waals surface area contributed by atoms with Gasteiger partial charge in [-0.2, -0.15) is 0 Å². The maximum absolute atomic E-state index is 5.42. The van der Waals surface area contributed by atoms with Crippen molar-refractivity contribution in [3.8, 4) is 5.75 Å². The molecule has 2 heteroatoms. The Balaban J connectivity index is 2.44. The van der Waals surface area contributed by atoms with Crippen LogP contribution >= 0.6 is 15.9 Å². The van der Waals surface area contributed by atoms with Crippen LogP contribution in [-0.4, -0.2) is 7.11 Å². The summed E-state index contributed by atoms with van der Waals surface area (Å²) in [5.74, 6) is 0.916. The van der Waals surface area contributed by atoms with E-state index in [1.165, 1.54) is 16.7 Å². The molecular formula is C16H17BrO. The lowest BCUT2D eigenvalue weighted by atomic mass is 9.98. The van der Waals surface area contributed by atoms with Crippen LogP contribution in [0.5, 0.6) is 5.75 Å². The fraction of sp³-hybridized carbons (Fsp3) is 0.250. The third kappa shape index (κ3) is 2.59. The molecule has 0 bridgehead atoms. The maximum atomic E-state index is 5.42. The number of para-hydroxylation sites is 1. The number of ether oxygens (including phenoxy) is 1. The van der Waals surface area contributed by atoms with E-state index in [0.717, 1.165) is 11.3 Å². The first-order valence-electron chi connectivity index (χ1n) is 5.97. The third-order valence-electron chi connectivity index (χ3n) is 3.11. The van der Waals surface area contributed by atoms with Gasteiger partial charge in [0.25, 0.3) is 0 Å². The molecule has 0 amide bonds. The van der Waals surface area contributed by atoms with Crippen molar-refractivity contribution < 1.29 is 4.74 Å². The third-order valence-corrected chi connectivity index (χ3v) is 4.10. The van der Waals surface area contributed by atoms with Crippen molar-refractivity contribution in [3.05, 3.63) is 64.7 Å². The lowest BCUT2D eigenvalue weighted by molar-refractivity contribution is 0.410. The summed E-state index contributed by atoms with van der Waals surface area (Å²) in [6.07, 6.45) is 0. The molecule has 1 unspecified atom stereocenters. The Hall–Kier alpha value is -1.28. The molecule has 1 nitrogen and oxygen atoms in total. The summed E-state index contributed by atoms with van der Waals surface area (Å²) in [7, 11) is 1.71. The van der Waals surface area contributed by atoms with Crippen LogP contribution in [0.2, 0.25) is 0 Å². The Bertz CT molecular complexity index is 549. The maximum Gasteiger partial charge on any atom is 0.123 e. The van der Waals surface area contributed by atoms with Crippen LogP contribution in [0.3, 0.4) is 0 Å². The molecule has 0 aromatic heterocycles. The van der Waals surface area contributed by atoms with E-state index in [0.29, 0.717) is 0 Å². The predicted molar refractivity (Wildman–Crippen MR) is 79.7 cm³/mol. The summed E-state index contributed by atoms with van der Waals surface area (Å²) in [5.41, 5.74) is 5.02. The van der Waals surface area contributed by atoms with E-state index in [-0.39, 0.29) is 4.83 Å². The fourth-order valence-electron chi connectivity index (χ4n) is 2.15. The van der Waals surface area contributed by atoms with Gasteiger partial charge in [0.05, 0.1) is 11.9 Å². The van der Waals surface area contributed by atoms with E-state index in [1.807, 2.05) is 18.2 Å². The van der Waals surface area contributed by atoms with Crippen LogP contribution in [0.15, 0.2) is 42.5 Å². The Morgan fingerprint density at radius 1 is 1.00 bits per heavy atom. The van der Waals surface area contributed by atoms with Gasteiger partial charge in [-0.15, -0.1) is 0 Å². The first-order chi connectivity index (χ1) is 8.63. The van der Waals surface area contributed by atoms with Gasteiger partial charge >= 0.3 is 0 Å². The van der Waals surface area contributed by atoms with Crippen molar-refractivity contribution in [2.45, 2.75) is 18.7 Å². The second-order valence-electron chi connectivity index (χ2n) is 4.46. The standard InChI is InChI=1S/C16H17BrO/c1-11-8-9-13(12(2)10-11)16(17)14-6-4-5-7-15(14)18-3/h4-10,16H,1-3H3. The smallest absolute Gasteiger partial charge is 0.123 e. The van der Waals surface area contributed by atoms with Crippen LogP contribution in [0, 0.1) is 13.8 Å². The molecule has 94 valence electrons. The van der Waals surface area contributed by atoms with Crippen molar-refractivity contribution in [3.63, 3.8) is 0 Å². The topological polar surface area (TPSA) is 9.23 Å². The van der Waals surface area contributed by atoms with Crippen LogP contribution in [-0.2, 0) is 0 Å². The molecular weight excluding hydrogens is 288 g/mol. The number of hydrogen-bond acceptors (Lipinski definition) is 1. The average Bonchev–Trinajstić information content (AvgIpc) is 2.38. The molecule has 0 saturated carbocycles. The number of alkyl halides is 1. The molecule has 2 rings (SSSR count). The summed E-state index contributed by atoms with van der Waals surface area (Å²) in [6, 6.07) is 14.6. The highest BCUT2D eigenvalue weighted by Gasteiger charge is 2.16. The van der Waals surface area contributed by atoms with E-state index in [2.05, 4.69) is 54.0 Å². The van der Waals surface area contributed by atoms with Gasteiger partial charge in [-0.1, -0.05) is 57.9 Å². The molecule has 0 N–H and O–H groups in total. The molecule has 0 spiro atoms. The molecule has 0 radical (unpaired) electrons. The van der Waals surface area contributed by atoms with Crippen LogP contribution in [0.25, 0.3) is 0 Å². The van der Waals surface area contributed by atoms with Gasteiger partial charge < -0.3 is 4.74 Å². The van der Waals surface area contributed by atoms with Crippen molar-refractivity contribution in [2.24, 2.45) is 0 Å². The van der Waals surface area contributed by atoms with Crippen LogP contribution in [0.4, 0.5) is 0 Å². The summed E-state index contributed by atoms with van der Waals surface area (Å²) in [4.78, 5) is 0.161. The summed E-state index contributed by atoms with van der Waals surface area (Å²) < 4.78 is 5.42. The van der Waals surface area contributed by atoms with Crippen molar-refractivity contribution in [1.29, 1.82) is 0 Å². The summed E-state index contributed by atoms with van der Waals surface area (Å²) in [6.45, 7) is 4.26. The summed E-state index contributed by atoms with van der Waals surface area (Å²) in [5, 5.41) is 0. The average molecular weight is 305 g/mol. The quantitative estimate of drug-likeness (QED) is 0.740. The van der Waals surface area contributed by atoms with Crippen molar-refractivity contribution >= 4 is 15.9 Å². The van der Waals surface area contributed by atoms with E-state index in [9.17, 15) is 0 Å². The van der Waals surface area contributed by atoms with Crippen molar-refractivity contribution in [1.82, 2.24) is 0 Å². The highest BCUT2D eigenvalue weighted by atomic mass is 79.9. The van der Waals surface area contributed by atoms with E-state index in [1.54, 1.807) is 7.11 Å². The molecule has 0 heterocycles. The predicted octanol–water partition coefficient (Wildman–Crippen LogP) is 4.80. The minimum atomic E-state index is 0.161. The normalized spacial score (nSPS) is 12.2. The van der Waals surface area contributed by atoms with E-state index >= 15 is 0 Å². The zero-order chi connectivity index (χ0) is 13.1. The Morgan fingerprint density at radius 2 is 1.72 bits per heavy atom. The van der Waals surface area contributed by atoms with Gasteiger partial charge in [0.15, 0.2) is 0 Å². The first-order valence-corrected chi connectivity index (χ1v) is 6.89. The minimum absolute atomic E-state index is 0.161. The van der Waals surface area contributed by atoms with Crippen LogP contribution < -0.4 is 4.74 Å². The lowest BCUT2D eigenvalue weighted by Gasteiger charge is -2.17. The number of methoxy groups -OCH3 is 1. The van der Waals surface area contributed by atoms with Gasteiger partial charge in [0, 0.05) is 5.56 Å². The summed E-state index contributed by atoms with van der Waals surface area (Å²) >= 11 is 3.78. The molecule has 18 heavy (non-hydrogen) atoms. The van der Waals surface area contributed by atoms with E-state index in [4.69, 9.17) is 4.74 Å². The van der Waals surface area contributed by atoms with E-state index < -0.39 is 0 Å². The molecule has 0 aliphatic heterocycles. The van der Waals surface area contributed by atoms with Crippen LogP contribution in [0.1, 0.15) is 27.1 Å². The number of hydrogen-bond donors (Lipinski definition) is 0. The number of aryl methyl sites for hydroxylation is 2. The monoisotopic (exact) mass is 304 g/mol. The number of rotatable bonds is 3. The highest BCUT2D eigenvalue weighted by Crippen LogP contribution is 2.37. The fourth-order valence-corrected chi connectivity index (χ4v) is 3.05. The molecule has 2 aromatic rings. The minimum Gasteiger partial charge on any atom is -0.496 e. The highest BCUT2D eigenvalue weighted by molar-refractivity contribution is 9.09. The Kier molecular flexibility index (Phi) is 4.07. The second kappa shape index (κ2) is 5.57. The van der Waals surface area contributed by atoms with Gasteiger partial charge in [-0.25, -0.2) is 0 Å². The van der Waals surface area contributed by atoms with Gasteiger partial charge in [0.2, 0.25) is 0 Å². The first kappa shape index (κ1) is 13.2. The van der Waals surface area contributed by atoms with Gasteiger partial charge in [-0.3, -0.25) is 0 Å². The molecule has 0 fully saturated rings. The molecule has 0 saturated heterocycles. The Morgan fingerprint density at radius 3 is 2.39 bits per heavy atom. The van der Waals surface area contributed by atoms with Crippen molar-refractivity contribution in [2.75, 3.05) is 7.11 Å². The molecule has 0 aliphatic rings. The zero-order valence-electron chi connectivity index (χ0n) is 10.9. The van der Waals surface area contributed by atoms with Gasteiger partial charge in [-0.05, 0) is 31.0 Å². The SMILES string of the molecule is COc1ccccc1C(Br)c1ccc(C)cc1C. The number of halogens is 1. The molecule has 2 aromatic carbocycles. The lowest BCUT2D eigenvalue weighted by Crippen LogP contribution is -1.99.